The average molecular weight is 347 g/mol. The summed E-state index contributed by atoms with van der Waals surface area (Å²) < 4.78 is 28.4. The van der Waals surface area contributed by atoms with Gasteiger partial charge in [-0.15, -0.1) is 0 Å². The van der Waals surface area contributed by atoms with Crippen LogP contribution in [-0.4, -0.2) is 38.7 Å². The van der Waals surface area contributed by atoms with Crippen molar-refractivity contribution >= 4 is 11.9 Å². The molecule has 0 spiro atoms. The fourth-order valence-corrected chi connectivity index (χ4v) is 1.92. The fraction of sp³-hybridized carbons (Fsp3) is 0.222. The number of benzene rings is 2. The minimum Gasteiger partial charge on any atom is -0.497 e. The molecule has 0 aromatic heterocycles. The standard InChI is InChI=1S/C18H18FNO5/c1-23-15-5-7-16(8-6-15)24-9-10-25-17(21)12-20-18(22)13-3-2-4-14(19)11-13/h2-8,11H,9-10,12H2,1H3,(H,20,22). The van der Waals surface area contributed by atoms with Gasteiger partial charge in [0, 0.05) is 5.56 Å². The fourth-order valence-electron chi connectivity index (χ4n) is 1.92. The number of halogens is 1. The first-order valence-corrected chi connectivity index (χ1v) is 7.55. The van der Waals surface area contributed by atoms with Gasteiger partial charge in [0.1, 0.15) is 37.1 Å². The molecule has 2 rings (SSSR count). The lowest BCUT2D eigenvalue weighted by atomic mass is 10.2. The predicted molar refractivity (Wildman–Crippen MR) is 88.2 cm³/mol. The average Bonchev–Trinajstić information content (AvgIpc) is 2.63. The Bertz CT molecular complexity index is 718. The van der Waals surface area contributed by atoms with Gasteiger partial charge in [-0.25, -0.2) is 4.39 Å². The number of carbonyl (C=O) groups excluding carboxylic acids is 2. The Balaban J connectivity index is 1.64. The van der Waals surface area contributed by atoms with Crippen molar-refractivity contribution in [3.8, 4) is 11.5 Å². The van der Waals surface area contributed by atoms with Crippen molar-refractivity contribution in [3.63, 3.8) is 0 Å². The lowest BCUT2D eigenvalue weighted by molar-refractivity contribution is -0.143. The smallest absolute Gasteiger partial charge is 0.325 e. The molecule has 2 aromatic rings. The molecule has 6 nitrogen and oxygen atoms in total. The molecule has 2 aromatic carbocycles. The number of esters is 1. The molecule has 0 saturated carbocycles. The molecule has 1 amide bonds. The Kier molecular flexibility index (Phi) is 6.76. The molecule has 0 unspecified atom stereocenters. The molecule has 0 atom stereocenters. The second kappa shape index (κ2) is 9.27. The zero-order valence-corrected chi connectivity index (χ0v) is 13.7. The van der Waals surface area contributed by atoms with Crippen LogP contribution >= 0.6 is 0 Å². The first-order valence-electron chi connectivity index (χ1n) is 7.55. The maximum Gasteiger partial charge on any atom is 0.325 e. The van der Waals surface area contributed by atoms with Crippen molar-refractivity contribution in [3.05, 3.63) is 59.9 Å². The van der Waals surface area contributed by atoms with Crippen LogP contribution in [0.5, 0.6) is 11.5 Å². The third-order valence-electron chi connectivity index (χ3n) is 3.15. The number of rotatable bonds is 8. The van der Waals surface area contributed by atoms with Crippen molar-refractivity contribution in [1.82, 2.24) is 5.32 Å². The van der Waals surface area contributed by atoms with Gasteiger partial charge in [-0.05, 0) is 42.5 Å². The molecule has 0 aliphatic heterocycles. The van der Waals surface area contributed by atoms with Crippen LogP contribution in [0.4, 0.5) is 4.39 Å². The van der Waals surface area contributed by atoms with E-state index >= 15 is 0 Å². The van der Waals surface area contributed by atoms with E-state index in [1.165, 1.54) is 18.2 Å². The number of methoxy groups -OCH3 is 1. The van der Waals surface area contributed by atoms with E-state index in [-0.39, 0.29) is 25.3 Å². The molecule has 0 bridgehead atoms. The summed E-state index contributed by atoms with van der Waals surface area (Å²) >= 11 is 0. The summed E-state index contributed by atoms with van der Waals surface area (Å²) in [7, 11) is 1.57. The van der Waals surface area contributed by atoms with Crippen molar-refractivity contribution in [2.24, 2.45) is 0 Å². The van der Waals surface area contributed by atoms with Crippen LogP contribution in [0.1, 0.15) is 10.4 Å². The largest absolute Gasteiger partial charge is 0.497 e. The summed E-state index contributed by atoms with van der Waals surface area (Å²) in [5, 5.41) is 2.36. The van der Waals surface area contributed by atoms with E-state index in [0.29, 0.717) is 11.5 Å². The maximum atomic E-state index is 13.0. The Morgan fingerprint density at radius 3 is 2.44 bits per heavy atom. The zero-order chi connectivity index (χ0) is 18.1. The Hall–Kier alpha value is -3.09. The molecule has 1 N–H and O–H groups in total. The normalized spacial score (nSPS) is 10.0. The molecule has 0 radical (unpaired) electrons. The second-order valence-electron chi connectivity index (χ2n) is 4.94. The van der Waals surface area contributed by atoms with Crippen LogP contribution in [0, 0.1) is 5.82 Å². The van der Waals surface area contributed by atoms with E-state index in [9.17, 15) is 14.0 Å². The molecule has 0 saturated heterocycles. The topological polar surface area (TPSA) is 73.9 Å². The molecule has 0 heterocycles. The Labute approximate surface area is 144 Å². The summed E-state index contributed by atoms with van der Waals surface area (Å²) in [5.74, 6) is -0.344. The predicted octanol–water partition coefficient (Wildman–Crippen LogP) is 2.19. The number of ether oxygens (including phenoxy) is 3. The van der Waals surface area contributed by atoms with E-state index in [1.807, 2.05) is 0 Å². The number of amides is 1. The number of nitrogens with one attached hydrogen (secondary N) is 1. The summed E-state index contributed by atoms with van der Waals surface area (Å²) in [6.07, 6.45) is 0. The van der Waals surface area contributed by atoms with Crippen LogP contribution in [0.25, 0.3) is 0 Å². The van der Waals surface area contributed by atoms with Crippen LogP contribution in [0.15, 0.2) is 48.5 Å². The summed E-state index contributed by atoms with van der Waals surface area (Å²) in [6.45, 7) is -0.0888. The SMILES string of the molecule is COc1ccc(OCCOC(=O)CNC(=O)c2cccc(F)c2)cc1. The van der Waals surface area contributed by atoms with Crippen molar-refractivity contribution < 1.29 is 28.2 Å². The third kappa shape index (κ3) is 6.14. The highest BCUT2D eigenvalue weighted by Crippen LogP contribution is 2.16. The second-order valence-corrected chi connectivity index (χ2v) is 4.94. The van der Waals surface area contributed by atoms with E-state index in [4.69, 9.17) is 14.2 Å². The van der Waals surface area contributed by atoms with E-state index in [2.05, 4.69) is 5.32 Å². The minimum atomic E-state index is -0.608. The number of hydrogen-bond donors (Lipinski definition) is 1. The van der Waals surface area contributed by atoms with Crippen LogP contribution in [-0.2, 0) is 9.53 Å². The highest BCUT2D eigenvalue weighted by atomic mass is 19.1. The summed E-state index contributed by atoms with van der Waals surface area (Å²) in [4.78, 5) is 23.3. The zero-order valence-electron chi connectivity index (χ0n) is 13.7. The first kappa shape index (κ1) is 18.3. The van der Waals surface area contributed by atoms with E-state index in [1.54, 1.807) is 31.4 Å². The number of hydrogen-bond acceptors (Lipinski definition) is 5. The van der Waals surface area contributed by atoms with Crippen molar-refractivity contribution in [2.75, 3.05) is 26.9 Å². The summed E-state index contributed by atoms with van der Waals surface area (Å²) in [5.41, 5.74) is 0.135. The Morgan fingerprint density at radius 1 is 1.04 bits per heavy atom. The lowest BCUT2D eigenvalue weighted by Crippen LogP contribution is -2.31. The molecule has 132 valence electrons. The quantitative estimate of drug-likeness (QED) is 0.585. The van der Waals surface area contributed by atoms with Gasteiger partial charge in [0.15, 0.2) is 0 Å². The molecule has 0 aliphatic rings. The van der Waals surface area contributed by atoms with Gasteiger partial charge in [-0.1, -0.05) is 6.07 Å². The van der Waals surface area contributed by atoms with Crippen molar-refractivity contribution in [1.29, 1.82) is 0 Å². The monoisotopic (exact) mass is 347 g/mol. The molecular formula is C18H18FNO5. The molecule has 25 heavy (non-hydrogen) atoms. The highest BCUT2D eigenvalue weighted by molar-refractivity contribution is 5.95. The molecule has 0 fully saturated rings. The molecular weight excluding hydrogens is 329 g/mol. The number of carbonyl (C=O) groups is 2. The van der Waals surface area contributed by atoms with Crippen LogP contribution in [0.3, 0.4) is 0 Å². The van der Waals surface area contributed by atoms with Gasteiger partial charge >= 0.3 is 5.97 Å². The van der Waals surface area contributed by atoms with Gasteiger partial charge in [0.2, 0.25) is 0 Å². The van der Waals surface area contributed by atoms with E-state index < -0.39 is 17.7 Å². The molecule has 0 aliphatic carbocycles. The minimum absolute atomic E-state index is 0.0424. The third-order valence-corrected chi connectivity index (χ3v) is 3.15. The first-order chi connectivity index (χ1) is 12.1. The maximum absolute atomic E-state index is 13.0. The van der Waals surface area contributed by atoms with Gasteiger partial charge in [0.05, 0.1) is 7.11 Å². The van der Waals surface area contributed by atoms with Gasteiger partial charge in [-0.3, -0.25) is 9.59 Å². The van der Waals surface area contributed by atoms with Gasteiger partial charge < -0.3 is 19.5 Å². The highest BCUT2D eigenvalue weighted by Gasteiger charge is 2.09. The van der Waals surface area contributed by atoms with Crippen molar-refractivity contribution in [2.45, 2.75) is 0 Å². The van der Waals surface area contributed by atoms with Crippen LogP contribution in [0.2, 0.25) is 0 Å². The summed E-state index contributed by atoms with van der Waals surface area (Å²) in [6, 6.07) is 12.2. The molecule has 7 heteroatoms. The van der Waals surface area contributed by atoms with Crippen LogP contribution < -0.4 is 14.8 Å². The van der Waals surface area contributed by atoms with Gasteiger partial charge in [0.25, 0.3) is 5.91 Å². The lowest BCUT2D eigenvalue weighted by Gasteiger charge is -2.09. The van der Waals surface area contributed by atoms with Gasteiger partial charge in [-0.2, -0.15) is 0 Å². The van der Waals surface area contributed by atoms with E-state index in [0.717, 1.165) is 6.07 Å². The Morgan fingerprint density at radius 2 is 1.76 bits per heavy atom.